The first-order valence-corrected chi connectivity index (χ1v) is 12.2. The Morgan fingerprint density at radius 2 is 1.50 bits per heavy atom. The molecule has 1 aromatic carbocycles. The van der Waals surface area contributed by atoms with Crippen molar-refractivity contribution in [3.05, 3.63) is 77.9 Å². The van der Waals surface area contributed by atoms with Crippen molar-refractivity contribution >= 4 is 12.0 Å². The highest BCUT2D eigenvalue weighted by atomic mass is 16.2. The Labute approximate surface area is 203 Å². The molecule has 0 unspecified atom stereocenters. The van der Waals surface area contributed by atoms with Crippen LogP contribution in [-0.4, -0.2) is 54.3 Å². The number of amides is 1. The first kappa shape index (κ1) is 25.4. The van der Waals surface area contributed by atoms with E-state index in [4.69, 9.17) is 0 Å². The molecule has 0 aliphatic heterocycles. The zero-order chi connectivity index (χ0) is 24.3. The smallest absolute Gasteiger partial charge is 0.254 e. The number of rotatable bonds is 13. The molecular weight excluding hydrogens is 424 g/mol. The molecule has 3 aromatic rings. The SMILES string of the molecule is CC(C)N(CCCCC=Cc1ccc(C(=O)N(Cc2ncc[nH]2)Cc2ncc[nH]2)cc1)C(C)C. The number of carbonyl (C=O) groups excluding carboxylic acids is 1. The average Bonchev–Trinajstić information content (AvgIpc) is 3.52. The lowest BCUT2D eigenvalue weighted by molar-refractivity contribution is 0.0721. The molecule has 3 rings (SSSR count). The number of hydrogen-bond donors (Lipinski definition) is 2. The van der Waals surface area contributed by atoms with Crippen LogP contribution in [-0.2, 0) is 13.1 Å². The van der Waals surface area contributed by atoms with Gasteiger partial charge in [0.1, 0.15) is 11.6 Å². The molecule has 2 heterocycles. The second kappa shape index (κ2) is 12.9. The standard InChI is InChI=1S/C27H38N6O/c1-21(2)33(22(3)4)18-8-6-5-7-9-23-10-12-24(13-11-23)27(34)32(19-25-28-14-15-29-25)20-26-30-16-17-31-26/h7,9-17,21-22H,5-6,8,18-20H2,1-4H3,(H,28,29)(H,30,31). The van der Waals surface area contributed by atoms with Crippen molar-refractivity contribution in [2.24, 2.45) is 0 Å². The first-order chi connectivity index (χ1) is 16.4. The number of hydrogen-bond acceptors (Lipinski definition) is 4. The Hall–Kier alpha value is -3.19. The number of nitrogens with one attached hydrogen (secondary N) is 2. The van der Waals surface area contributed by atoms with Crippen molar-refractivity contribution < 1.29 is 4.79 Å². The molecule has 0 saturated carbocycles. The van der Waals surface area contributed by atoms with Crippen LogP contribution >= 0.6 is 0 Å². The van der Waals surface area contributed by atoms with Gasteiger partial charge >= 0.3 is 0 Å². The molecule has 0 bridgehead atoms. The number of allylic oxidation sites excluding steroid dienone is 1. The van der Waals surface area contributed by atoms with Crippen molar-refractivity contribution in [1.29, 1.82) is 0 Å². The summed E-state index contributed by atoms with van der Waals surface area (Å²) in [6, 6.07) is 8.96. The van der Waals surface area contributed by atoms with Gasteiger partial charge in [-0.05, 0) is 71.2 Å². The van der Waals surface area contributed by atoms with Crippen molar-refractivity contribution in [2.75, 3.05) is 6.54 Å². The van der Waals surface area contributed by atoms with E-state index < -0.39 is 0 Å². The quantitative estimate of drug-likeness (QED) is 0.339. The van der Waals surface area contributed by atoms with Gasteiger partial charge in [0.2, 0.25) is 0 Å². The monoisotopic (exact) mass is 462 g/mol. The van der Waals surface area contributed by atoms with Gasteiger partial charge in [-0.1, -0.05) is 24.3 Å². The molecular formula is C27H38N6O. The number of unbranched alkanes of at least 4 members (excludes halogenated alkanes) is 2. The Bertz CT molecular complexity index is 946. The maximum atomic E-state index is 13.2. The third-order valence-corrected chi connectivity index (χ3v) is 5.91. The maximum absolute atomic E-state index is 13.2. The highest BCUT2D eigenvalue weighted by Gasteiger charge is 2.18. The minimum Gasteiger partial charge on any atom is -0.347 e. The average molecular weight is 463 g/mol. The Balaban J connectivity index is 1.53. The molecule has 0 atom stereocenters. The molecule has 1 amide bonds. The van der Waals surface area contributed by atoms with E-state index in [1.807, 2.05) is 24.3 Å². The molecule has 7 heteroatoms. The summed E-state index contributed by atoms with van der Waals surface area (Å²) in [7, 11) is 0. The number of nitrogens with zero attached hydrogens (tertiary/aromatic N) is 4. The van der Waals surface area contributed by atoms with E-state index in [1.54, 1.807) is 29.7 Å². The fourth-order valence-electron chi connectivity index (χ4n) is 4.14. The van der Waals surface area contributed by atoms with Gasteiger partial charge in [0.05, 0.1) is 13.1 Å². The summed E-state index contributed by atoms with van der Waals surface area (Å²) in [4.78, 5) is 32.2. The third kappa shape index (κ3) is 7.70. The zero-order valence-electron chi connectivity index (χ0n) is 20.9. The van der Waals surface area contributed by atoms with E-state index in [1.165, 1.54) is 12.8 Å². The van der Waals surface area contributed by atoms with Crippen LogP contribution in [0.4, 0.5) is 0 Å². The van der Waals surface area contributed by atoms with Gasteiger partial charge in [-0.3, -0.25) is 9.69 Å². The fourth-order valence-corrected chi connectivity index (χ4v) is 4.14. The summed E-state index contributed by atoms with van der Waals surface area (Å²) >= 11 is 0. The van der Waals surface area contributed by atoms with Gasteiger partial charge in [0.25, 0.3) is 5.91 Å². The van der Waals surface area contributed by atoms with Crippen molar-refractivity contribution in [1.82, 2.24) is 29.7 Å². The van der Waals surface area contributed by atoms with Gasteiger partial charge in [-0.2, -0.15) is 0 Å². The lowest BCUT2D eigenvalue weighted by atomic mass is 10.1. The minimum atomic E-state index is -0.0526. The summed E-state index contributed by atoms with van der Waals surface area (Å²) in [6.45, 7) is 11.0. The molecule has 182 valence electrons. The zero-order valence-corrected chi connectivity index (χ0v) is 20.9. The summed E-state index contributed by atoms with van der Waals surface area (Å²) in [5, 5.41) is 0. The van der Waals surface area contributed by atoms with E-state index in [9.17, 15) is 4.79 Å². The van der Waals surface area contributed by atoms with Crippen LogP contribution in [0, 0.1) is 0 Å². The highest BCUT2D eigenvalue weighted by molar-refractivity contribution is 5.94. The highest BCUT2D eigenvalue weighted by Crippen LogP contribution is 2.14. The topological polar surface area (TPSA) is 80.9 Å². The van der Waals surface area contributed by atoms with E-state index in [0.717, 1.165) is 30.2 Å². The molecule has 0 aliphatic carbocycles. The van der Waals surface area contributed by atoms with Gasteiger partial charge < -0.3 is 14.9 Å². The molecule has 2 aromatic heterocycles. The van der Waals surface area contributed by atoms with Crippen LogP contribution in [0.1, 0.15) is 74.5 Å². The van der Waals surface area contributed by atoms with E-state index in [2.05, 4.69) is 64.7 Å². The molecule has 0 fully saturated rings. The fraction of sp³-hybridized carbons (Fsp3) is 0.444. The van der Waals surface area contributed by atoms with Gasteiger partial charge in [-0.25, -0.2) is 9.97 Å². The van der Waals surface area contributed by atoms with Crippen molar-refractivity contribution in [2.45, 2.75) is 72.1 Å². The van der Waals surface area contributed by atoms with Crippen LogP contribution in [0.2, 0.25) is 0 Å². The number of aromatic amines is 2. The molecule has 34 heavy (non-hydrogen) atoms. The van der Waals surface area contributed by atoms with Gasteiger partial charge in [0.15, 0.2) is 0 Å². The van der Waals surface area contributed by atoms with Crippen LogP contribution in [0.25, 0.3) is 6.08 Å². The van der Waals surface area contributed by atoms with Gasteiger partial charge in [0, 0.05) is 42.4 Å². The predicted molar refractivity (Wildman–Crippen MR) is 137 cm³/mol. The largest absolute Gasteiger partial charge is 0.347 e. The Kier molecular flexibility index (Phi) is 9.64. The number of carbonyl (C=O) groups is 1. The summed E-state index contributed by atoms with van der Waals surface area (Å²) in [5.74, 6) is 1.43. The van der Waals surface area contributed by atoms with Crippen LogP contribution in [0.5, 0.6) is 0 Å². The van der Waals surface area contributed by atoms with Crippen LogP contribution in [0.3, 0.4) is 0 Å². The first-order valence-electron chi connectivity index (χ1n) is 12.2. The second-order valence-corrected chi connectivity index (χ2v) is 9.18. The summed E-state index contributed by atoms with van der Waals surface area (Å²) in [6.07, 6.45) is 14.7. The number of H-pyrrole nitrogens is 2. The molecule has 0 aliphatic rings. The third-order valence-electron chi connectivity index (χ3n) is 5.91. The molecule has 0 radical (unpaired) electrons. The van der Waals surface area contributed by atoms with Crippen molar-refractivity contribution in [3.63, 3.8) is 0 Å². The van der Waals surface area contributed by atoms with Crippen LogP contribution < -0.4 is 0 Å². The molecule has 7 nitrogen and oxygen atoms in total. The predicted octanol–water partition coefficient (Wildman–Crippen LogP) is 5.28. The lowest BCUT2D eigenvalue weighted by Crippen LogP contribution is -2.37. The second-order valence-electron chi connectivity index (χ2n) is 9.18. The normalized spacial score (nSPS) is 11.9. The summed E-state index contributed by atoms with van der Waals surface area (Å²) < 4.78 is 0. The van der Waals surface area contributed by atoms with E-state index in [0.29, 0.717) is 30.7 Å². The molecule has 0 spiro atoms. The minimum absolute atomic E-state index is 0.0526. The number of aromatic nitrogens is 4. The lowest BCUT2D eigenvalue weighted by Gasteiger charge is -2.30. The molecule has 0 saturated heterocycles. The number of imidazole rings is 2. The van der Waals surface area contributed by atoms with Gasteiger partial charge in [-0.15, -0.1) is 0 Å². The van der Waals surface area contributed by atoms with E-state index >= 15 is 0 Å². The van der Waals surface area contributed by atoms with Crippen LogP contribution in [0.15, 0.2) is 55.1 Å². The Morgan fingerprint density at radius 1 is 0.912 bits per heavy atom. The number of benzene rings is 1. The van der Waals surface area contributed by atoms with E-state index in [-0.39, 0.29) is 5.91 Å². The Morgan fingerprint density at radius 3 is 2.00 bits per heavy atom. The van der Waals surface area contributed by atoms with Crippen molar-refractivity contribution in [3.8, 4) is 0 Å². The maximum Gasteiger partial charge on any atom is 0.254 e. The molecule has 2 N–H and O–H groups in total. The summed E-state index contributed by atoms with van der Waals surface area (Å²) in [5.41, 5.74) is 1.75.